The SMILES string of the molecule is CCCC[C@@H](CC)C(=O)Nc1ccc([C@@H]2SCC(=O)N2c2cccc(C)c2C)cc1. The normalized spacial score (nSPS) is 17.3. The van der Waals surface area contributed by atoms with E-state index in [1.54, 1.807) is 11.8 Å². The number of benzene rings is 2. The second kappa shape index (κ2) is 10.2. The van der Waals surface area contributed by atoms with Crippen LogP contribution in [-0.2, 0) is 9.59 Å². The van der Waals surface area contributed by atoms with Crippen LogP contribution in [0.3, 0.4) is 0 Å². The summed E-state index contributed by atoms with van der Waals surface area (Å²) < 4.78 is 0. The third-order valence-electron chi connectivity index (χ3n) is 5.94. The van der Waals surface area contributed by atoms with E-state index >= 15 is 0 Å². The van der Waals surface area contributed by atoms with Gasteiger partial charge in [0, 0.05) is 17.3 Å². The Kier molecular flexibility index (Phi) is 7.59. The molecule has 160 valence electrons. The van der Waals surface area contributed by atoms with Gasteiger partial charge in [0.15, 0.2) is 0 Å². The van der Waals surface area contributed by atoms with Crippen LogP contribution in [0.4, 0.5) is 11.4 Å². The Balaban J connectivity index is 1.76. The van der Waals surface area contributed by atoms with Crippen LogP contribution in [0.1, 0.15) is 61.6 Å². The molecule has 2 aromatic rings. The maximum atomic E-state index is 12.7. The number of hydrogen-bond donors (Lipinski definition) is 1. The number of amides is 2. The maximum Gasteiger partial charge on any atom is 0.238 e. The van der Waals surface area contributed by atoms with Gasteiger partial charge in [0.05, 0.1) is 5.75 Å². The predicted octanol–water partition coefficient (Wildman–Crippen LogP) is 6.24. The monoisotopic (exact) mass is 424 g/mol. The summed E-state index contributed by atoms with van der Waals surface area (Å²) in [7, 11) is 0. The lowest BCUT2D eigenvalue weighted by Crippen LogP contribution is -2.28. The third-order valence-corrected chi connectivity index (χ3v) is 7.15. The van der Waals surface area contributed by atoms with E-state index in [1.807, 2.05) is 41.3 Å². The van der Waals surface area contributed by atoms with E-state index < -0.39 is 0 Å². The van der Waals surface area contributed by atoms with E-state index in [2.05, 4.69) is 39.1 Å². The lowest BCUT2D eigenvalue weighted by Gasteiger charge is -2.26. The van der Waals surface area contributed by atoms with Gasteiger partial charge in [-0.15, -0.1) is 11.8 Å². The molecule has 0 bridgehead atoms. The molecule has 0 spiro atoms. The van der Waals surface area contributed by atoms with Crippen LogP contribution in [0.5, 0.6) is 0 Å². The molecule has 2 amide bonds. The fourth-order valence-corrected chi connectivity index (χ4v) is 5.04. The lowest BCUT2D eigenvalue weighted by molar-refractivity contribution is -0.120. The number of nitrogens with zero attached hydrogens (tertiary/aromatic N) is 1. The number of anilines is 2. The van der Waals surface area contributed by atoms with Crippen LogP contribution < -0.4 is 10.2 Å². The smallest absolute Gasteiger partial charge is 0.238 e. The van der Waals surface area contributed by atoms with E-state index in [-0.39, 0.29) is 23.1 Å². The number of rotatable bonds is 8. The van der Waals surface area contributed by atoms with Crippen molar-refractivity contribution >= 4 is 35.0 Å². The molecule has 0 saturated carbocycles. The van der Waals surface area contributed by atoms with Crippen molar-refractivity contribution in [3.8, 4) is 0 Å². The highest BCUT2D eigenvalue weighted by Gasteiger charge is 2.34. The molecule has 1 aliphatic heterocycles. The summed E-state index contributed by atoms with van der Waals surface area (Å²) in [5, 5.41) is 3.02. The van der Waals surface area contributed by atoms with Crippen LogP contribution in [0.25, 0.3) is 0 Å². The van der Waals surface area contributed by atoms with Crippen molar-refractivity contribution in [1.29, 1.82) is 0 Å². The van der Waals surface area contributed by atoms with Crippen LogP contribution in [0.15, 0.2) is 42.5 Å². The topological polar surface area (TPSA) is 49.4 Å². The Morgan fingerprint density at radius 1 is 1.17 bits per heavy atom. The highest BCUT2D eigenvalue weighted by atomic mass is 32.2. The Morgan fingerprint density at radius 3 is 2.57 bits per heavy atom. The summed E-state index contributed by atoms with van der Waals surface area (Å²) in [5.41, 5.74) is 5.19. The van der Waals surface area contributed by atoms with Gasteiger partial charge < -0.3 is 5.32 Å². The molecule has 0 unspecified atom stereocenters. The minimum absolute atomic E-state index is 0.0457. The minimum atomic E-state index is -0.0457. The molecule has 1 heterocycles. The van der Waals surface area contributed by atoms with Crippen molar-refractivity contribution in [2.45, 2.75) is 58.8 Å². The molecular weight excluding hydrogens is 392 g/mol. The summed E-state index contributed by atoms with van der Waals surface area (Å²) in [4.78, 5) is 27.2. The van der Waals surface area contributed by atoms with Crippen LogP contribution in [-0.4, -0.2) is 17.6 Å². The first kappa shape index (κ1) is 22.4. The van der Waals surface area contributed by atoms with E-state index in [4.69, 9.17) is 0 Å². The number of carbonyl (C=O) groups excluding carboxylic acids is 2. The van der Waals surface area contributed by atoms with Crippen molar-refractivity contribution in [2.24, 2.45) is 5.92 Å². The first-order valence-electron chi connectivity index (χ1n) is 10.9. The van der Waals surface area contributed by atoms with Crippen LogP contribution in [0.2, 0.25) is 0 Å². The van der Waals surface area contributed by atoms with Crippen molar-refractivity contribution in [2.75, 3.05) is 16.0 Å². The molecule has 1 N–H and O–H groups in total. The first-order chi connectivity index (χ1) is 14.5. The number of carbonyl (C=O) groups is 2. The fraction of sp³-hybridized carbons (Fsp3) is 0.440. The Bertz CT molecular complexity index is 895. The Labute approximate surface area is 184 Å². The molecule has 0 radical (unpaired) electrons. The van der Waals surface area contributed by atoms with Gasteiger partial charge in [0.25, 0.3) is 0 Å². The molecule has 0 aromatic heterocycles. The molecule has 5 heteroatoms. The van der Waals surface area contributed by atoms with Gasteiger partial charge in [0.2, 0.25) is 11.8 Å². The molecule has 4 nitrogen and oxygen atoms in total. The molecule has 1 fully saturated rings. The highest BCUT2D eigenvalue weighted by molar-refractivity contribution is 8.00. The zero-order valence-electron chi connectivity index (χ0n) is 18.4. The van der Waals surface area contributed by atoms with Gasteiger partial charge in [-0.1, -0.05) is 51.0 Å². The average Bonchev–Trinajstić information content (AvgIpc) is 3.12. The maximum absolute atomic E-state index is 12.7. The van der Waals surface area contributed by atoms with Crippen LogP contribution >= 0.6 is 11.8 Å². The lowest BCUT2D eigenvalue weighted by atomic mass is 9.98. The fourth-order valence-electron chi connectivity index (χ4n) is 3.87. The summed E-state index contributed by atoms with van der Waals surface area (Å²) in [5.74, 6) is 0.776. The predicted molar refractivity (Wildman–Crippen MR) is 127 cm³/mol. The Hall–Kier alpha value is -2.27. The molecule has 3 rings (SSSR count). The number of thioether (sulfide) groups is 1. The second-order valence-electron chi connectivity index (χ2n) is 8.00. The van der Waals surface area contributed by atoms with E-state index in [0.717, 1.165) is 48.2 Å². The highest BCUT2D eigenvalue weighted by Crippen LogP contribution is 2.43. The Morgan fingerprint density at radius 2 is 1.90 bits per heavy atom. The number of hydrogen-bond acceptors (Lipinski definition) is 3. The second-order valence-corrected chi connectivity index (χ2v) is 9.07. The molecule has 1 aliphatic rings. The van der Waals surface area contributed by atoms with Gasteiger partial charge in [-0.25, -0.2) is 0 Å². The largest absolute Gasteiger partial charge is 0.326 e. The van der Waals surface area contributed by atoms with Crippen molar-refractivity contribution in [1.82, 2.24) is 0 Å². The van der Waals surface area contributed by atoms with Gasteiger partial charge in [-0.2, -0.15) is 0 Å². The zero-order valence-corrected chi connectivity index (χ0v) is 19.2. The molecular formula is C25H32N2O2S. The molecule has 1 saturated heterocycles. The van der Waals surface area contributed by atoms with Crippen molar-refractivity contribution in [3.05, 3.63) is 59.2 Å². The summed E-state index contributed by atoms with van der Waals surface area (Å²) >= 11 is 1.65. The molecule has 0 aliphatic carbocycles. The summed E-state index contributed by atoms with van der Waals surface area (Å²) in [6.07, 6.45) is 3.97. The molecule has 30 heavy (non-hydrogen) atoms. The zero-order chi connectivity index (χ0) is 21.7. The molecule has 2 atom stereocenters. The van der Waals surface area contributed by atoms with E-state index in [1.165, 1.54) is 5.56 Å². The average molecular weight is 425 g/mol. The van der Waals surface area contributed by atoms with Gasteiger partial charge in [-0.05, 0) is 61.6 Å². The molecule has 2 aromatic carbocycles. The van der Waals surface area contributed by atoms with E-state index in [9.17, 15) is 9.59 Å². The standard InChI is InChI=1S/C25H32N2O2S/c1-5-7-10-19(6-2)24(29)26-21-14-12-20(13-15-21)25-27(23(28)16-30-25)22-11-8-9-17(3)18(22)4/h8-9,11-15,19,25H,5-7,10,16H2,1-4H3,(H,26,29)/t19-,25+/m1/s1. The third kappa shape index (κ3) is 4.89. The number of nitrogens with one attached hydrogen (secondary N) is 1. The van der Waals surface area contributed by atoms with Crippen LogP contribution in [0, 0.1) is 19.8 Å². The van der Waals surface area contributed by atoms with Crippen molar-refractivity contribution in [3.63, 3.8) is 0 Å². The van der Waals surface area contributed by atoms with Gasteiger partial charge >= 0.3 is 0 Å². The van der Waals surface area contributed by atoms with Gasteiger partial charge in [-0.3, -0.25) is 14.5 Å². The quantitative estimate of drug-likeness (QED) is 0.546. The number of aryl methyl sites for hydroxylation is 1. The minimum Gasteiger partial charge on any atom is -0.326 e. The summed E-state index contributed by atoms with van der Waals surface area (Å²) in [6.45, 7) is 8.36. The van der Waals surface area contributed by atoms with E-state index in [0.29, 0.717) is 5.75 Å². The number of unbranched alkanes of at least 4 members (excludes halogenated alkanes) is 1. The first-order valence-corrected chi connectivity index (χ1v) is 11.9. The summed E-state index contributed by atoms with van der Waals surface area (Å²) in [6, 6.07) is 14.0. The van der Waals surface area contributed by atoms with Crippen molar-refractivity contribution < 1.29 is 9.59 Å². The van der Waals surface area contributed by atoms with Gasteiger partial charge in [0.1, 0.15) is 5.37 Å².